The number of anilines is 2. The van der Waals surface area contributed by atoms with Gasteiger partial charge in [0.15, 0.2) is 0 Å². The quantitative estimate of drug-likeness (QED) is 0.729. The van der Waals surface area contributed by atoms with Crippen LogP contribution in [0.2, 0.25) is 0 Å². The maximum Gasteiger partial charge on any atom is 0.243 e. The maximum atomic E-state index is 12.0. The number of nitrogens with one attached hydrogen (secondary N) is 2. The summed E-state index contributed by atoms with van der Waals surface area (Å²) in [7, 11) is 1.64. The predicted molar refractivity (Wildman–Crippen MR) is 96.8 cm³/mol. The summed E-state index contributed by atoms with van der Waals surface area (Å²) in [5.41, 5.74) is 3.94. The van der Waals surface area contributed by atoms with E-state index in [1.54, 1.807) is 7.11 Å². The molecule has 0 bridgehead atoms. The first-order chi connectivity index (χ1) is 11.6. The zero-order chi connectivity index (χ0) is 17.4. The van der Waals surface area contributed by atoms with Gasteiger partial charge in [0.1, 0.15) is 12.4 Å². The highest BCUT2D eigenvalue weighted by Crippen LogP contribution is 2.16. The molecule has 0 aromatic heterocycles. The molecule has 2 N–H and O–H groups in total. The molecule has 0 spiro atoms. The van der Waals surface area contributed by atoms with Gasteiger partial charge >= 0.3 is 0 Å². The topological polar surface area (TPSA) is 59.6 Å². The van der Waals surface area contributed by atoms with Crippen molar-refractivity contribution in [2.75, 3.05) is 37.5 Å². The number of carbonyl (C=O) groups excluding carboxylic acids is 1. The Morgan fingerprint density at radius 3 is 2.25 bits per heavy atom. The van der Waals surface area contributed by atoms with Crippen LogP contribution >= 0.6 is 0 Å². The molecule has 0 heterocycles. The van der Waals surface area contributed by atoms with Gasteiger partial charge in [0, 0.05) is 18.5 Å². The van der Waals surface area contributed by atoms with E-state index in [1.165, 1.54) is 0 Å². The zero-order valence-electron chi connectivity index (χ0n) is 14.4. The Hall–Kier alpha value is -2.53. The lowest BCUT2D eigenvalue weighted by Gasteiger charge is -2.10. The highest BCUT2D eigenvalue weighted by atomic mass is 16.5. The third kappa shape index (κ3) is 5.93. The standard InChI is InChI=1S/C19H24N2O3/c1-14-10-15(2)12-17(11-14)21-19(22)13-20-16-4-6-18(7-5-16)24-9-8-23-3/h4-7,10-12,20H,8-9,13H2,1-3H3,(H,21,22). The molecule has 2 aromatic carbocycles. The van der Waals surface area contributed by atoms with Gasteiger partial charge < -0.3 is 20.1 Å². The van der Waals surface area contributed by atoms with Crippen LogP contribution in [0.25, 0.3) is 0 Å². The van der Waals surface area contributed by atoms with E-state index in [9.17, 15) is 4.79 Å². The molecule has 0 saturated heterocycles. The summed E-state index contributed by atoms with van der Waals surface area (Å²) in [6.45, 7) is 5.30. The molecule has 1 amide bonds. The third-order valence-electron chi connectivity index (χ3n) is 3.37. The van der Waals surface area contributed by atoms with Crippen molar-refractivity contribution >= 4 is 17.3 Å². The summed E-state index contributed by atoms with van der Waals surface area (Å²) >= 11 is 0. The summed E-state index contributed by atoms with van der Waals surface area (Å²) in [5.74, 6) is 0.692. The molecule has 0 aliphatic carbocycles. The van der Waals surface area contributed by atoms with E-state index in [0.29, 0.717) is 13.2 Å². The van der Waals surface area contributed by atoms with Crippen molar-refractivity contribution in [1.82, 2.24) is 0 Å². The fourth-order valence-corrected chi connectivity index (χ4v) is 2.35. The van der Waals surface area contributed by atoms with Crippen LogP contribution in [0.1, 0.15) is 11.1 Å². The number of hydrogen-bond acceptors (Lipinski definition) is 4. The summed E-state index contributed by atoms with van der Waals surface area (Å²) in [4.78, 5) is 12.0. The molecule has 0 fully saturated rings. The summed E-state index contributed by atoms with van der Waals surface area (Å²) in [5, 5.41) is 6.00. The molecule has 5 nitrogen and oxygen atoms in total. The van der Waals surface area contributed by atoms with Crippen LogP contribution in [-0.2, 0) is 9.53 Å². The van der Waals surface area contributed by atoms with Gasteiger partial charge in [-0.1, -0.05) is 6.07 Å². The highest BCUT2D eigenvalue weighted by molar-refractivity contribution is 5.93. The Morgan fingerprint density at radius 1 is 0.958 bits per heavy atom. The van der Waals surface area contributed by atoms with Crippen molar-refractivity contribution in [1.29, 1.82) is 0 Å². The third-order valence-corrected chi connectivity index (χ3v) is 3.37. The van der Waals surface area contributed by atoms with Crippen molar-refractivity contribution in [3.05, 3.63) is 53.6 Å². The van der Waals surface area contributed by atoms with Crippen LogP contribution < -0.4 is 15.4 Å². The van der Waals surface area contributed by atoms with Gasteiger partial charge in [0.05, 0.1) is 13.2 Å². The van der Waals surface area contributed by atoms with Crippen LogP contribution in [0.15, 0.2) is 42.5 Å². The largest absolute Gasteiger partial charge is 0.491 e. The van der Waals surface area contributed by atoms with Crippen LogP contribution in [0, 0.1) is 13.8 Å². The molecule has 2 rings (SSSR count). The Balaban J connectivity index is 1.80. The number of rotatable bonds is 8. The number of benzene rings is 2. The minimum absolute atomic E-state index is 0.0829. The second-order valence-electron chi connectivity index (χ2n) is 5.64. The predicted octanol–water partition coefficient (Wildman–Crippen LogP) is 3.38. The first-order valence-electron chi connectivity index (χ1n) is 7.90. The molecule has 0 atom stereocenters. The Morgan fingerprint density at radius 2 is 1.62 bits per heavy atom. The van der Waals surface area contributed by atoms with Crippen LogP contribution in [-0.4, -0.2) is 32.8 Å². The molecule has 2 aromatic rings. The fraction of sp³-hybridized carbons (Fsp3) is 0.316. The van der Waals surface area contributed by atoms with E-state index in [1.807, 2.05) is 50.2 Å². The summed E-state index contributed by atoms with van der Waals surface area (Å²) in [6.07, 6.45) is 0. The second-order valence-corrected chi connectivity index (χ2v) is 5.64. The Bertz CT molecular complexity index is 649. The van der Waals surface area contributed by atoms with Crippen molar-refractivity contribution < 1.29 is 14.3 Å². The zero-order valence-corrected chi connectivity index (χ0v) is 14.4. The second kappa shape index (κ2) is 8.93. The minimum atomic E-state index is -0.0829. The molecule has 0 aliphatic rings. The van der Waals surface area contributed by atoms with E-state index in [2.05, 4.69) is 16.7 Å². The smallest absolute Gasteiger partial charge is 0.243 e. The van der Waals surface area contributed by atoms with E-state index in [-0.39, 0.29) is 12.5 Å². The van der Waals surface area contributed by atoms with Crippen molar-refractivity contribution in [2.45, 2.75) is 13.8 Å². The molecule has 0 aliphatic heterocycles. The van der Waals surface area contributed by atoms with Crippen LogP contribution in [0.3, 0.4) is 0 Å². The van der Waals surface area contributed by atoms with Gasteiger partial charge in [0.25, 0.3) is 0 Å². The monoisotopic (exact) mass is 328 g/mol. The summed E-state index contributed by atoms with van der Waals surface area (Å²) in [6, 6.07) is 13.5. The fourth-order valence-electron chi connectivity index (χ4n) is 2.35. The van der Waals surface area contributed by atoms with E-state index in [0.717, 1.165) is 28.3 Å². The first-order valence-corrected chi connectivity index (χ1v) is 7.90. The van der Waals surface area contributed by atoms with Crippen LogP contribution in [0.4, 0.5) is 11.4 Å². The lowest BCUT2D eigenvalue weighted by molar-refractivity contribution is -0.114. The number of hydrogen-bond donors (Lipinski definition) is 2. The number of carbonyl (C=O) groups is 1. The van der Waals surface area contributed by atoms with Gasteiger partial charge in [-0.2, -0.15) is 0 Å². The van der Waals surface area contributed by atoms with E-state index in [4.69, 9.17) is 9.47 Å². The SMILES string of the molecule is COCCOc1ccc(NCC(=O)Nc2cc(C)cc(C)c2)cc1. The van der Waals surface area contributed by atoms with Crippen molar-refractivity contribution in [2.24, 2.45) is 0 Å². The highest BCUT2D eigenvalue weighted by Gasteiger charge is 2.04. The molecule has 0 unspecified atom stereocenters. The van der Waals surface area contributed by atoms with Gasteiger partial charge in [0.2, 0.25) is 5.91 Å². The van der Waals surface area contributed by atoms with Crippen molar-refractivity contribution in [3.63, 3.8) is 0 Å². The average Bonchev–Trinajstić information content (AvgIpc) is 2.53. The van der Waals surface area contributed by atoms with Crippen molar-refractivity contribution in [3.8, 4) is 5.75 Å². The Kier molecular flexibility index (Phi) is 6.63. The van der Waals surface area contributed by atoms with Gasteiger partial charge in [-0.15, -0.1) is 0 Å². The van der Waals surface area contributed by atoms with Crippen LogP contribution in [0.5, 0.6) is 5.75 Å². The molecule has 0 saturated carbocycles. The molecular weight excluding hydrogens is 304 g/mol. The maximum absolute atomic E-state index is 12.0. The first kappa shape index (κ1) is 17.8. The lowest BCUT2D eigenvalue weighted by Crippen LogP contribution is -2.21. The normalized spacial score (nSPS) is 10.3. The summed E-state index contributed by atoms with van der Waals surface area (Å²) < 4.78 is 10.4. The minimum Gasteiger partial charge on any atom is -0.491 e. The Labute approximate surface area is 143 Å². The molecular formula is C19H24N2O3. The average molecular weight is 328 g/mol. The lowest BCUT2D eigenvalue weighted by atomic mass is 10.1. The molecule has 5 heteroatoms. The number of amides is 1. The van der Waals surface area contributed by atoms with Gasteiger partial charge in [-0.25, -0.2) is 0 Å². The van der Waals surface area contributed by atoms with E-state index >= 15 is 0 Å². The number of methoxy groups -OCH3 is 1. The van der Waals surface area contributed by atoms with E-state index < -0.39 is 0 Å². The number of aryl methyl sites for hydroxylation is 2. The number of ether oxygens (including phenoxy) is 2. The molecule has 0 radical (unpaired) electrons. The molecule has 24 heavy (non-hydrogen) atoms. The molecule has 128 valence electrons. The van der Waals surface area contributed by atoms with Gasteiger partial charge in [-0.05, 0) is 61.4 Å². The van der Waals surface area contributed by atoms with Gasteiger partial charge in [-0.3, -0.25) is 4.79 Å².